The van der Waals surface area contributed by atoms with Crippen LogP contribution in [-0.2, 0) is 4.79 Å². The highest BCUT2D eigenvalue weighted by Crippen LogP contribution is 2.29. The summed E-state index contributed by atoms with van der Waals surface area (Å²) < 4.78 is 0. The number of likely N-dealkylation sites (tertiary alicyclic amines) is 1. The van der Waals surface area contributed by atoms with Crippen LogP contribution < -0.4 is 11.1 Å². The van der Waals surface area contributed by atoms with Gasteiger partial charge in [0.25, 0.3) is 0 Å². The minimum absolute atomic E-state index is 0.135. The Morgan fingerprint density at radius 2 is 2.22 bits per heavy atom. The normalized spacial score (nSPS) is 21.6. The lowest BCUT2D eigenvalue weighted by Crippen LogP contribution is -2.50. The Morgan fingerprint density at radius 3 is 2.78 bits per heavy atom. The second kappa shape index (κ2) is 7.10. The van der Waals surface area contributed by atoms with Crippen molar-refractivity contribution >= 4 is 5.91 Å². The molecule has 0 radical (unpaired) electrons. The molecule has 0 aromatic rings. The van der Waals surface area contributed by atoms with E-state index in [4.69, 9.17) is 5.73 Å². The molecule has 4 nitrogen and oxygen atoms in total. The first-order valence-electron chi connectivity index (χ1n) is 7.19. The van der Waals surface area contributed by atoms with Gasteiger partial charge in [0.2, 0.25) is 5.91 Å². The SMILES string of the molecule is CCCNC(=O)CC(CN)N1CCCC(C)(C)C1. The number of hydrogen-bond acceptors (Lipinski definition) is 3. The van der Waals surface area contributed by atoms with E-state index in [2.05, 4.69) is 31.0 Å². The number of hydrogen-bond donors (Lipinski definition) is 2. The second-order valence-electron chi connectivity index (χ2n) is 6.18. The zero-order chi connectivity index (χ0) is 13.6. The number of nitrogens with one attached hydrogen (secondary N) is 1. The zero-order valence-electron chi connectivity index (χ0n) is 12.2. The fourth-order valence-corrected chi connectivity index (χ4v) is 2.69. The minimum Gasteiger partial charge on any atom is -0.356 e. The standard InChI is InChI=1S/C14H29N3O/c1-4-7-16-13(18)9-12(10-15)17-8-5-6-14(2,3)11-17/h12H,4-11,15H2,1-3H3,(H,16,18). The summed E-state index contributed by atoms with van der Waals surface area (Å²) in [4.78, 5) is 14.2. The molecular formula is C14H29N3O. The first-order valence-corrected chi connectivity index (χ1v) is 7.19. The molecule has 1 amide bonds. The van der Waals surface area contributed by atoms with Gasteiger partial charge >= 0.3 is 0 Å². The molecule has 3 N–H and O–H groups in total. The van der Waals surface area contributed by atoms with Crippen LogP contribution in [0.3, 0.4) is 0 Å². The number of nitrogens with two attached hydrogens (primary N) is 1. The van der Waals surface area contributed by atoms with Gasteiger partial charge in [-0.05, 0) is 31.2 Å². The highest BCUT2D eigenvalue weighted by molar-refractivity contribution is 5.76. The van der Waals surface area contributed by atoms with Crippen LogP contribution in [0, 0.1) is 5.41 Å². The minimum atomic E-state index is 0.135. The number of carbonyl (C=O) groups is 1. The lowest BCUT2D eigenvalue weighted by Gasteiger charge is -2.41. The van der Waals surface area contributed by atoms with Crippen LogP contribution in [0.2, 0.25) is 0 Å². The van der Waals surface area contributed by atoms with Crippen LogP contribution in [0.15, 0.2) is 0 Å². The van der Waals surface area contributed by atoms with Gasteiger partial charge in [-0.15, -0.1) is 0 Å². The maximum absolute atomic E-state index is 11.8. The van der Waals surface area contributed by atoms with Gasteiger partial charge in [-0.1, -0.05) is 20.8 Å². The van der Waals surface area contributed by atoms with Gasteiger partial charge in [-0.25, -0.2) is 0 Å². The summed E-state index contributed by atoms with van der Waals surface area (Å²) in [6.45, 7) is 10.1. The topological polar surface area (TPSA) is 58.4 Å². The van der Waals surface area contributed by atoms with Gasteiger partial charge in [-0.3, -0.25) is 9.69 Å². The summed E-state index contributed by atoms with van der Waals surface area (Å²) >= 11 is 0. The summed E-state index contributed by atoms with van der Waals surface area (Å²) in [5.74, 6) is 0.135. The molecule has 1 fully saturated rings. The van der Waals surface area contributed by atoms with E-state index in [1.165, 1.54) is 12.8 Å². The van der Waals surface area contributed by atoms with Crippen molar-refractivity contribution in [1.29, 1.82) is 0 Å². The van der Waals surface area contributed by atoms with Crippen LogP contribution >= 0.6 is 0 Å². The molecule has 1 atom stereocenters. The van der Waals surface area contributed by atoms with Crippen LogP contribution in [0.5, 0.6) is 0 Å². The largest absolute Gasteiger partial charge is 0.356 e. The highest BCUT2D eigenvalue weighted by atomic mass is 16.1. The van der Waals surface area contributed by atoms with Crippen LogP contribution in [0.25, 0.3) is 0 Å². The van der Waals surface area contributed by atoms with Crippen LogP contribution in [-0.4, -0.2) is 43.0 Å². The van der Waals surface area contributed by atoms with Crippen molar-refractivity contribution in [2.75, 3.05) is 26.2 Å². The molecule has 0 saturated carbocycles. The summed E-state index contributed by atoms with van der Waals surface area (Å²) in [5, 5.41) is 2.94. The molecule has 4 heteroatoms. The Labute approximate surface area is 111 Å². The van der Waals surface area contributed by atoms with Crippen molar-refractivity contribution < 1.29 is 4.79 Å². The summed E-state index contributed by atoms with van der Waals surface area (Å²) in [6.07, 6.45) is 3.99. The third-order valence-electron chi connectivity index (χ3n) is 3.71. The molecule has 1 saturated heterocycles. The Kier molecular flexibility index (Phi) is 6.09. The van der Waals surface area contributed by atoms with Crippen molar-refractivity contribution in [3.05, 3.63) is 0 Å². The zero-order valence-corrected chi connectivity index (χ0v) is 12.2. The molecule has 0 spiro atoms. The Morgan fingerprint density at radius 1 is 1.50 bits per heavy atom. The third-order valence-corrected chi connectivity index (χ3v) is 3.71. The van der Waals surface area contributed by atoms with Crippen molar-refractivity contribution in [3.8, 4) is 0 Å². The maximum Gasteiger partial charge on any atom is 0.221 e. The van der Waals surface area contributed by atoms with E-state index in [1.54, 1.807) is 0 Å². The quantitative estimate of drug-likeness (QED) is 0.753. The lowest BCUT2D eigenvalue weighted by atomic mass is 9.83. The van der Waals surface area contributed by atoms with Gasteiger partial charge < -0.3 is 11.1 Å². The van der Waals surface area contributed by atoms with E-state index in [0.717, 1.165) is 26.1 Å². The molecular weight excluding hydrogens is 226 g/mol. The van der Waals surface area contributed by atoms with Gasteiger partial charge in [0.05, 0.1) is 0 Å². The fourth-order valence-electron chi connectivity index (χ4n) is 2.69. The number of rotatable bonds is 6. The molecule has 1 unspecified atom stereocenters. The fraction of sp³-hybridized carbons (Fsp3) is 0.929. The Hall–Kier alpha value is -0.610. The van der Waals surface area contributed by atoms with Crippen LogP contribution in [0.4, 0.5) is 0 Å². The number of amides is 1. The lowest BCUT2D eigenvalue weighted by molar-refractivity contribution is -0.122. The third kappa shape index (κ3) is 4.94. The van der Waals surface area contributed by atoms with E-state index < -0.39 is 0 Å². The van der Waals surface area contributed by atoms with Gasteiger partial charge in [0.15, 0.2) is 0 Å². The second-order valence-corrected chi connectivity index (χ2v) is 6.18. The van der Waals surface area contributed by atoms with Crippen molar-refractivity contribution in [1.82, 2.24) is 10.2 Å². The average molecular weight is 255 g/mol. The highest BCUT2D eigenvalue weighted by Gasteiger charge is 2.30. The van der Waals surface area contributed by atoms with E-state index in [9.17, 15) is 4.79 Å². The molecule has 1 heterocycles. The number of carbonyl (C=O) groups excluding carboxylic acids is 1. The smallest absolute Gasteiger partial charge is 0.221 e. The molecule has 0 aliphatic carbocycles. The molecule has 1 aliphatic heterocycles. The maximum atomic E-state index is 11.8. The van der Waals surface area contributed by atoms with Crippen molar-refractivity contribution in [3.63, 3.8) is 0 Å². The molecule has 1 aliphatic rings. The molecule has 18 heavy (non-hydrogen) atoms. The predicted molar refractivity (Wildman–Crippen MR) is 75.3 cm³/mol. The molecule has 0 aromatic heterocycles. The van der Waals surface area contributed by atoms with Crippen molar-refractivity contribution in [2.45, 2.75) is 52.5 Å². The van der Waals surface area contributed by atoms with E-state index >= 15 is 0 Å². The average Bonchev–Trinajstić information content (AvgIpc) is 2.32. The van der Waals surface area contributed by atoms with E-state index in [1.807, 2.05) is 0 Å². The van der Waals surface area contributed by atoms with Crippen molar-refractivity contribution in [2.24, 2.45) is 11.1 Å². The van der Waals surface area contributed by atoms with Gasteiger partial charge in [-0.2, -0.15) is 0 Å². The first kappa shape index (κ1) is 15.4. The van der Waals surface area contributed by atoms with Gasteiger partial charge in [0.1, 0.15) is 0 Å². The number of nitrogens with zero attached hydrogens (tertiary/aromatic N) is 1. The van der Waals surface area contributed by atoms with E-state index in [0.29, 0.717) is 18.4 Å². The number of piperidine rings is 1. The summed E-state index contributed by atoms with van der Waals surface area (Å²) in [7, 11) is 0. The van der Waals surface area contributed by atoms with Crippen LogP contribution in [0.1, 0.15) is 46.5 Å². The Balaban J connectivity index is 2.47. The summed E-state index contributed by atoms with van der Waals surface area (Å²) in [5.41, 5.74) is 6.20. The molecule has 0 bridgehead atoms. The van der Waals surface area contributed by atoms with Gasteiger partial charge in [0, 0.05) is 32.1 Å². The molecule has 1 rings (SSSR count). The predicted octanol–water partition coefficient (Wildman–Crippen LogP) is 1.35. The Bertz CT molecular complexity index is 266. The molecule has 0 aromatic carbocycles. The summed E-state index contributed by atoms with van der Waals surface area (Å²) in [6, 6.07) is 0.196. The van der Waals surface area contributed by atoms with E-state index in [-0.39, 0.29) is 11.9 Å². The first-order chi connectivity index (χ1) is 8.48. The molecule has 106 valence electrons. The monoisotopic (exact) mass is 255 g/mol.